The van der Waals surface area contributed by atoms with Crippen LogP contribution in [0.4, 0.5) is 0 Å². The van der Waals surface area contributed by atoms with Crippen molar-refractivity contribution in [2.24, 2.45) is 0 Å². The number of aliphatic hydroxyl groups excluding tert-OH is 1. The highest BCUT2D eigenvalue weighted by atomic mass is 79.9. The van der Waals surface area contributed by atoms with E-state index in [0.717, 1.165) is 34.4 Å². The summed E-state index contributed by atoms with van der Waals surface area (Å²) in [4.78, 5) is 2.44. The molecule has 1 N–H and O–H groups in total. The molecular formula is C16H17BrO2S. The fourth-order valence-corrected chi connectivity index (χ4v) is 4.33. The summed E-state index contributed by atoms with van der Waals surface area (Å²) in [6.07, 6.45) is 1.08. The normalized spacial score (nSPS) is 15.0. The van der Waals surface area contributed by atoms with Crippen LogP contribution in [0.3, 0.4) is 0 Å². The lowest BCUT2D eigenvalue weighted by atomic mass is 9.99. The summed E-state index contributed by atoms with van der Waals surface area (Å²) in [5, 5.41) is 10.5. The molecule has 1 aliphatic rings. The maximum atomic E-state index is 10.5. The third-order valence-electron chi connectivity index (χ3n) is 3.68. The SMILES string of the molecule is Cc1cc(C(O)Cc2cc(Br)cc3c2OCC3)c(C)s1. The van der Waals surface area contributed by atoms with E-state index in [0.29, 0.717) is 6.42 Å². The van der Waals surface area contributed by atoms with Crippen molar-refractivity contribution in [2.75, 3.05) is 6.61 Å². The Morgan fingerprint density at radius 1 is 1.35 bits per heavy atom. The zero-order valence-corrected chi connectivity index (χ0v) is 14.0. The quantitative estimate of drug-likeness (QED) is 0.890. The lowest BCUT2D eigenvalue weighted by Gasteiger charge is -2.14. The zero-order chi connectivity index (χ0) is 14.3. The van der Waals surface area contributed by atoms with E-state index in [4.69, 9.17) is 4.74 Å². The first-order chi connectivity index (χ1) is 9.54. The van der Waals surface area contributed by atoms with Crippen LogP contribution in [0.5, 0.6) is 5.75 Å². The summed E-state index contributed by atoms with van der Waals surface area (Å²) in [5.74, 6) is 0.969. The molecule has 106 valence electrons. The smallest absolute Gasteiger partial charge is 0.125 e. The monoisotopic (exact) mass is 352 g/mol. The van der Waals surface area contributed by atoms with Gasteiger partial charge in [0.2, 0.25) is 0 Å². The largest absolute Gasteiger partial charge is 0.493 e. The lowest BCUT2D eigenvalue weighted by molar-refractivity contribution is 0.177. The molecule has 1 aromatic heterocycles. The summed E-state index contributed by atoms with van der Waals surface area (Å²) in [7, 11) is 0. The van der Waals surface area contributed by atoms with Crippen molar-refractivity contribution >= 4 is 27.3 Å². The molecule has 0 saturated carbocycles. The van der Waals surface area contributed by atoms with Crippen molar-refractivity contribution in [1.82, 2.24) is 0 Å². The summed E-state index contributed by atoms with van der Waals surface area (Å²) >= 11 is 5.28. The number of aryl methyl sites for hydroxylation is 2. The molecule has 2 nitrogen and oxygen atoms in total. The van der Waals surface area contributed by atoms with Crippen molar-refractivity contribution in [2.45, 2.75) is 32.8 Å². The Balaban J connectivity index is 1.90. The van der Waals surface area contributed by atoms with Crippen LogP contribution in [-0.2, 0) is 12.8 Å². The molecule has 20 heavy (non-hydrogen) atoms. The molecule has 3 rings (SSSR count). The van der Waals surface area contributed by atoms with Crippen molar-refractivity contribution in [3.8, 4) is 5.75 Å². The van der Waals surface area contributed by atoms with E-state index < -0.39 is 6.10 Å². The maximum Gasteiger partial charge on any atom is 0.125 e. The second-order valence-corrected chi connectivity index (χ2v) is 7.62. The van der Waals surface area contributed by atoms with Gasteiger partial charge in [0.1, 0.15) is 5.75 Å². The molecule has 0 amide bonds. The van der Waals surface area contributed by atoms with Gasteiger partial charge < -0.3 is 9.84 Å². The van der Waals surface area contributed by atoms with Gasteiger partial charge in [0, 0.05) is 27.1 Å². The minimum absolute atomic E-state index is 0.470. The molecule has 4 heteroatoms. The first-order valence-electron chi connectivity index (χ1n) is 6.73. The summed E-state index contributed by atoms with van der Waals surface area (Å²) in [5.41, 5.74) is 3.36. The Labute approximate surface area is 131 Å². The number of halogens is 1. The molecule has 0 spiro atoms. The third-order valence-corrected chi connectivity index (χ3v) is 5.12. The number of ether oxygens (including phenoxy) is 1. The van der Waals surface area contributed by atoms with Crippen molar-refractivity contribution in [3.05, 3.63) is 49.1 Å². The highest BCUT2D eigenvalue weighted by Gasteiger charge is 2.21. The predicted octanol–water partition coefficient (Wildman–Crippen LogP) is 4.34. The molecular weight excluding hydrogens is 336 g/mol. The number of aliphatic hydroxyl groups is 1. The Hall–Kier alpha value is -0.840. The molecule has 2 heterocycles. The van der Waals surface area contributed by atoms with Gasteiger partial charge in [0.15, 0.2) is 0 Å². The minimum Gasteiger partial charge on any atom is -0.493 e. The van der Waals surface area contributed by atoms with E-state index >= 15 is 0 Å². The van der Waals surface area contributed by atoms with E-state index in [1.165, 1.54) is 15.3 Å². The molecule has 0 saturated heterocycles. The van der Waals surface area contributed by atoms with Crippen LogP contribution in [0.25, 0.3) is 0 Å². The summed E-state index contributed by atoms with van der Waals surface area (Å²) in [6, 6.07) is 6.25. The average molecular weight is 353 g/mol. The summed E-state index contributed by atoms with van der Waals surface area (Å²) < 4.78 is 6.79. The third kappa shape index (κ3) is 2.65. The Morgan fingerprint density at radius 3 is 2.85 bits per heavy atom. The molecule has 0 aliphatic carbocycles. The standard InChI is InChI=1S/C16H17BrO2S/c1-9-5-14(10(2)20-9)15(18)8-12-7-13(17)6-11-3-4-19-16(11)12/h5-7,15,18H,3-4,8H2,1-2H3. The molecule has 1 atom stereocenters. The number of benzene rings is 1. The predicted molar refractivity (Wildman–Crippen MR) is 85.8 cm³/mol. The van der Waals surface area contributed by atoms with Gasteiger partial charge >= 0.3 is 0 Å². The molecule has 1 aromatic carbocycles. The highest BCUT2D eigenvalue weighted by Crippen LogP contribution is 2.36. The van der Waals surface area contributed by atoms with Gasteiger partial charge in [0.05, 0.1) is 12.7 Å². The fourth-order valence-electron chi connectivity index (χ4n) is 2.80. The second kappa shape index (κ2) is 5.51. The van der Waals surface area contributed by atoms with Crippen LogP contribution < -0.4 is 4.74 Å². The number of fused-ring (bicyclic) bond motifs is 1. The Bertz CT molecular complexity index is 648. The van der Waals surface area contributed by atoms with Crippen LogP contribution in [0.1, 0.15) is 32.5 Å². The van der Waals surface area contributed by atoms with E-state index in [1.807, 2.05) is 0 Å². The first kappa shape index (κ1) is 14.1. The van der Waals surface area contributed by atoms with Crippen LogP contribution in [-0.4, -0.2) is 11.7 Å². The molecule has 2 aromatic rings. The maximum absolute atomic E-state index is 10.5. The number of rotatable bonds is 3. The first-order valence-corrected chi connectivity index (χ1v) is 8.34. The number of hydrogen-bond acceptors (Lipinski definition) is 3. The second-order valence-electron chi connectivity index (χ2n) is 5.24. The van der Waals surface area contributed by atoms with E-state index in [9.17, 15) is 5.11 Å². The van der Waals surface area contributed by atoms with E-state index in [1.54, 1.807) is 11.3 Å². The minimum atomic E-state index is -0.470. The lowest BCUT2D eigenvalue weighted by Crippen LogP contribution is -2.03. The van der Waals surface area contributed by atoms with Gasteiger partial charge in [-0.15, -0.1) is 11.3 Å². The van der Waals surface area contributed by atoms with Gasteiger partial charge in [-0.3, -0.25) is 0 Å². The Morgan fingerprint density at radius 2 is 2.15 bits per heavy atom. The highest BCUT2D eigenvalue weighted by molar-refractivity contribution is 9.10. The van der Waals surface area contributed by atoms with Crippen LogP contribution >= 0.6 is 27.3 Å². The molecule has 0 radical (unpaired) electrons. The molecule has 1 unspecified atom stereocenters. The zero-order valence-electron chi connectivity index (χ0n) is 11.6. The average Bonchev–Trinajstić information content (AvgIpc) is 2.95. The molecule has 1 aliphatic heterocycles. The summed E-state index contributed by atoms with van der Waals surface area (Å²) in [6.45, 7) is 4.89. The van der Waals surface area contributed by atoms with Crippen molar-refractivity contribution in [3.63, 3.8) is 0 Å². The van der Waals surface area contributed by atoms with Crippen molar-refractivity contribution < 1.29 is 9.84 Å². The van der Waals surface area contributed by atoms with Gasteiger partial charge in [-0.1, -0.05) is 15.9 Å². The molecule has 0 bridgehead atoms. The van der Waals surface area contributed by atoms with Gasteiger partial charge in [-0.25, -0.2) is 0 Å². The Kier molecular flexibility index (Phi) is 3.89. The van der Waals surface area contributed by atoms with Crippen LogP contribution in [0.15, 0.2) is 22.7 Å². The van der Waals surface area contributed by atoms with E-state index in [-0.39, 0.29) is 0 Å². The van der Waals surface area contributed by atoms with Crippen LogP contribution in [0.2, 0.25) is 0 Å². The van der Waals surface area contributed by atoms with E-state index in [2.05, 4.69) is 48.0 Å². The number of thiophene rings is 1. The van der Waals surface area contributed by atoms with Crippen LogP contribution in [0, 0.1) is 13.8 Å². The van der Waals surface area contributed by atoms with Gasteiger partial charge in [-0.2, -0.15) is 0 Å². The van der Waals surface area contributed by atoms with Gasteiger partial charge in [-0.05, 0) is 48.7 Å². The fraction of sp³-hybridized carbons (Fsp3) is 0.375. The molecule has 0 fully saturated rings. The number of hydrogen-bond donors (Lipinski definition) is 1. The van der Waals surface area contributed by atoms with Crippen molar-refractivity contribution in [1.29, 1.82) is 0 Å². The van der Waals surface area contributed by atoms with Gasteiger partial charge in [0.25, 0.3) is 0 Å². The topological polar surface area (TPSA) is 29.5 Å².